The van der Waals surface area contributed by atoms with Crippen LogP contribution in [0.25, 0.3) is 0 Å². The van der Waals surface area contributed by atoms with Gasteiger partial charge >= 0.3 is 0 Å². The summed E-state index contributed by atoms with van der Waals surface area (Å²) in [6.45, 7) is -0.0445. The molecule has 1 saturated carbocycles. The molecule has 0 saturated heterocycles. The topological polar surface area (TPSA) is 90.0 Å². The average Bonchev–Trinajstić information content (AvgIpc) is 3.14. The van der Waals surface area contributed by atoms with E-state index in [-0.39, 0.29) is 30.1 Å². The quantitative estimate of drug-likeness (QED) is 0.871. The third-order valence-corrected chi connectivity index (χ3v) is 3.64. The van der Waals surface area contributed by atoms with Crippen LogP contribution in [0.2, 0.25) is 0 Å². The van der Waals surface area contributed by atoms with Gasteiger partial charge in [0.05, 0.1) is 0 Å². The van der Waals surface area contributed by atoms with Gasteiger partial charge in [0, 0.05) is 18.2 Å². The van der Waals surface area contributed by atoms with Crippen LogP contribution >= 0.6 is 0 Å². The maximum absolute atomic E-state index is 13.7. The number of rotatable bonds is 5. The molecule has 1 fully saturated rings. The van der Waals surface area contributed by atoms with Crippen molar-refractivity contribution in [1.29, 1.82) is 0 Å². The van der Waals surface area contributed by atoms with Crippen molar-refractivity contribution in [2.45, 2.75) is 18.9 Å². The summed E-state index contributed by atoms with van der Waals surface area (Å²) in [5, 5.41) is 6.70. The Kier molecular flexibility index (Phi) is 3.62. The van der Waals surface area contributed by atoms with E-state index in [2.05, 4.69) is 10.4 Å². The number of hydrogen-bond donors (Lipinski definition) is 2. The molecule has 2 aromatic rings. The summed E-state index contributed by atoms with van der Waals surface area (Å²) in [6, 6.07) is 8.07. The summed E-state index contributed by atoms with van der Waals surface area (Å²) in [5.41, 5.74) is 5.64. The Bertz CT molecular complexity index is 728. The standard InChI is InChI=1S/C15H15FN4O2/c16-12-4-2-1-3-9(12)10-7-11(10)15(22)18-14-5-6-20(19-14)8-13(17)21/h1-6,10-11H,7-8H2,(H2,17,21)(H,18,19,22)/t10-,11-/m0/s1. The van der Waals surface area contributed by atoms with Crippen LogP contribution in [-0.2, 0) is 16.1 Å². The van der Waals surface area contributed by atoms with Gasteiger partial charge in [-0.25, -0.2) is 4.39 Å². The largest absolute Gasteiger partial charge is 0.368 e. The molecule has 0 unspecified atom stereocenters. The van der Waals surface area contributed by atoms with Crippen LogP contribution in [0.1, 0.15) is 17.9 Å². The Balaban J connectivity index is 1.61. The van der Waals surface area contributed by atoms with E-state index < -0.39 is 5.91 Å². The van der Waals surface area contributed by atoms with Crippen LogP contribution in [0.3, 0.4) is 0 Å². The number of nitrogens with zero attached hydrogens (tertiary/aromatic N) is 2. The van der Waals surface area contributed by atoms with Crippen molar-refractivity contribution in [1.82, 2.24) is 9.78 Å². The van der Waals surface area contributed by atoms with Crippen LogP contribution < -0.4 is 11.1 Å². The van der Waals surface area contributed by atoms with Crippen molar-refractivity contribution in [3.63, 3.8) is 0 Å². The van der Waals surface area contributed by atoms with Gasteiger partial charge in [0.25, 0.3) is 0 Å². The van der Waals surface area contributed by atoms with Crippen LogP contribution in [0.15, 0.2) is 36.5 Å². The van der Waals surface area contributed by atoms with Crippen LogP contribution in [0.4, 0.5) is 10.2 Å². The van der Waals surface area contributed by atoms with E-state index in [4.69, 9.17) is 5.73 Å². The molecule has 114 valence electrons. The zero-order valence-corrected chi connectivity index (χ0v) is 11.7. The number of carbonyl (C=O) groups excluding carboxylic acids is 2. The lowest BCUT2D eigenvalue weighted by atomic mass is 10.1. The van der Waals surface area contributed by atoms with Gasteiger partial charge in [0.2, 0.25) is 11.8 Å². The number of nitrogens with one attached hydrogen (secondary N) is 1. The van der Waals surface area contributed by atoms with Crippen molar-refractivity contribution in [3.05, 3.63) is 47.9 Å². The Labute approximate surface area is 126 Å². The third kappa shape index (κ3) is 2.98. The lowest BCUT2D eigenvalue weighted by Gasteiger charge is -2.03. The Morgan fingerprint density at radius 1 is 1.36 bits per heavy atom. The summed E-state index contributed by atoms with van der Waals surface area (Å²) in [7, 11) is 0. The molecule has 1 aliphatic carbocycles. The normalized spacial score (nSPS) is 19.7. The number of anilines is 1. The van der Waals surface area contributed by atoms with Gasteiger partial charge in [-0.3, -0.25) is 14.3 Å². The zero-order valence-electron chi connectivity index (χ0n) is 11.7. The molecule has 1 aromatic carbocycles. The predicted octanol–water partition coefficient (Wildman–Crippen LogP) is 1.25. The van der Waals surface area contributed by atoms with Gasteiger partial charge in [-0.2, -0.15) is 5.10 Å². The monoisotopic (exact) mass is 302 g/mol. The number of amides is 2. The van der Waals surface area contributed by atoms with Crippen LogP contribution in [0, 0.1) is 11.7 Å². The fourth-order valence-corrected chi connectivity index (χ4v) is 2.50. The maximum atomic E-state index is 13.7. The number of aromatic nitrogens is 2. The summed E-state index contributed by atoms with van der Waals surface area (Å²) >= 11 is 0. The van der Waals surface area contributed by atoms with Crippen molar-refractivity contribution in [3.8, 4) is 0 Å². The molecule has 22 heavy (non-hydrogen) atoms. The molecule has 2 atom stereocenters. The first-order valence-electron chi connectivity index (χ1n) is 6.91. The van der Waals surface area contributed by atoms with Gasteiger partial charge in [-0.1, -0.05) is 18.2 Å². The molecule has 2 amide bonds. The second kappa shape index (κ2) is 5.59. The first-order valence-corrected chi connectivity index (χ1v) is 6.91. The van der Waals surface area contributed by atoms with Crippen LogP contribution in [0.5, 0.6) is 0 Å². The molecule has 3 N–H and O–H groups in total. The van der Waals surface area contributed by atoms with Crippen molar-refractivity contribution in [2.75, 3.05) is 5.32 Å². The minimum Gasteiger partial charge on any atom is -0.368 e. The van der Waals surface area contributed by atoms with Crippen molar-refractivity contribution in [2.24, 2.45) is 11.7 Å². The van der Waals surface area contributed by atoms with Crippen molar-refractivity contribution < 1.29 is 14.0 Å². The van der Waals surface area contributed by atoms with E-state index in [1.54, 1.807) is 30.5 Å². The molecule has 0 bridgehead atoms. The summed E-state index contributed by atoms with van der Waals surface area (Å²) < 4.78 is 15.0. The lowest BCUT2D eigenvalue weighted by Crippen LogP contribution is -2.19. The number of carbonyl (C=O) groups is 2. The zero-order chi connectivity index (χ0) is 15.7. The first kappa shape index (κ1) is 14.2. The second-order valence-corrected chi connectivity index (χ2v) is 5.32. The Morgan fingerprint density at radius 3 is 2.86 bits per heavy atom. The molecule has 1 aliphatic rings. The third-order valence-electron chi connectivity index (χ3n) is 3.64. The predicted molar refractivity (Wildman–Crippen MR) is 77.3 cm³/mol. The molecule has 0 aliphatic heterocycles. The van der Waals surface area contributed by atoms with E-state index in [1.165, 1.54) is 10.7 Å². The molecule has 1 heterocycles. The highest BCUT2D eigenvalue weighted by molar-refractivity contribution is 5.94. The number of benzene rings is 1. The summed E-state index contributed by atoms with van der Waals surface area (Å²) in [4.78, 5) is 22.9. The molecule has 3 rings (SSSR count). The minimum absolute atomic E-state index is 0.0445. The SMILES string of the molecule is NC(=O)Cn1ccc(NC(=O)[C@H]2C[C@H]2c2ccccc2F)n1. The fourth-order valence-electron chi connectivity index (χ4n) is 2.50. The first-order chi connectivity index (χ1) is 10.5. The molecule has 0 radical (unpaired) electrons. The smallest absolute Gasteiger partial charge is 0.239 e. The minimum atomic E-state index is -0.511. The van der Waals surface area contributed by atoms with Gasteiger partial charge in [-0.15, -0.1) is 0 Å². The van der Waals surface area contributed by atoms with E-state index >= 15 is 0 Å². The number of hydrogen-bond acceptors (Lipinski definition) is 3. The number of nitrogens with two attached hydrogens (primary N) is 1. The van der Waals surface area contributed by atoms with Gasteiger partial charge < -0.3 is 11.1 Å². The molecule has 7 heteroatoms. The maximum Gasteiger partial charge on any atom is 0.239 e. The van der Waals surface area contributed by atoms with E-state index in [9.17, 15) is 14.0 Å². The lowest BCUT2D eigenvalue weighted by molar-refractivity contribution is -0.119. The van der Waals surface area contributed by atoms with E-state index in [0.29, 0.717) is 17.8 Å². The van der Waals surface area contributed by atoms with E-state index in [1.807, 2.05) is 0 Å². The average molecular weight is 302 g/mol. The fraction of sp³-hybridized carbons (Fsp3) is 0.267. The Morgan fingerprint density at radius 2 is 2.14 bits per heavy atom. The summed E-state index contributed by atoms with van der Waals surface area (Å²) in [6.07, 6.45) is 2.18. The highest BCUT2D eigenvalue weighted by Gasteiger charge is 2.45. The molecule has 1 aromatic heterocycles. The van der Waals surface area contributed by atoms with Gasteiger partial charge in [0.15, 0.2) is 5.82 Å². The molecular formula is C15H15FN4O2. The molecule has 0 spiro atoms. The molecule has 6 nitrogen and oxygen atoms in total. The highest BCUT2D eigenvalue weighted by Crippen LogP contribution is 2.48. The van der Waals surface area contributed by atoms with Crippen molar-refractivity contribution >= 4 is 17.6 Å². The molecular weight excluding hydrogens is 287 g/mol. The second-order valence-electron chi connectivity index (χ2n) is 5.32. The van der Waals surface area contributed by atoms with Gasteiger partial charge in [-0.05, 0) is 24.0 Å². The Hall–Kier alpha value is -2.70. The van der Waals surface area contributed by atoms with Crippen LogP contribution in [-0.4, -0.2) is 21.6 Å². The highest BCUT2D eigenvalue weighted by atomic mass is 19.1. The number of halogens is 1. The van der Waals surface area contributed by atoms with E-state index in [0.717, 1.165) is 0 Å². The number of primary amides is 1. The summed E-state index contributed by atoms with van der Waals surface area (Å²) in [5.74, 6) is -0.980. The van der Waals surface area contributed by atoms with Gasteiger partial charge in [0.1, 0.15) is 12.4 Å².